The number of carboxylic acids is 1. The highest BCUT2D eigenvalue weighted by molar-refractivity contribution is 5.89. The molecule has 1 aliphatic rings. The minimum Gasteiger partial charge on any atom is -0.481 e. The number of aromatic amines is 1. The number of fused-ring (bicyclic) bond motifs is 2. The number of benzene rings is 2. The average Bonchev–Trinajstić information content (AvgIpc) is 3.55. The van der Waals surface area contributed by atoms with Crippen molar-refractivity contribution in [2.45, 2.75) is 38.3 Å². The molecule has 0 spiro atoms. The molecule has 0 unspecified atom stereocenters. The summed E-state index contributed by atoms with van der Waals surface area (Å²) >= 11 is 0. The normalized spacial score (nSPS) is 15.2. The molecule has 0 saturated carbocycles. The summed E-state index contributed by atoms with van der Waals surface area (Å²) in [6.45, 7) is 0.0824. The topological polar surface area (TPSA) is 147 Å². The van der Waals surface area contributed by atoms with Gasteiger partial charge in [0.25, 0.3) is 0 Å². The largest absolute Gasteiger partial charge is 0.481 e. The Morgan fingerprint density at radius 1 is 1.12 bits per heavy atom. The highest BCUT2D eigenvalue weighted by atomic mass is 16.4. The van der Waals surface area contributed by atoms with Gasteiger partial charge in [-0.05, 0) is 35.6 Å². The van der Waals surface area contributed by atoms with E-state index >= 15 is 0 Å². The van der Waals surface area contributed by atoms with Gasteiger partial charge in [0.1, 0.15) is 6.04 Å². The molecule has 34 heavy (non-hydrogen) atoms. The predicted molar refractivity (Wildman–Crippen MR) is 124 cm³/mol. The van der Waals surface area contributed by atoms with E-state index in [2.05, 4.69) is 20.5 Å². The summed E-state index contributed by atoms with van der Waals surface area (Å²) in [6, 6.07) is 14.9. The van der Waals surface area contributed by atoms with Crippen molar-refractivity contribution in [2.75, 3.05) is 0 Å². The van der Waals surface area contributed by atoms with Gasteiger partial charge in [-0.2, -0.15) is 0 Å². The number of amides is 1. The smallest absolute Gasteiger partial charge is 0.304 e. The first-order valence-corrected chi connectivity index (χ1v) is 11.1. The molecular formula is C25H25N5O4. The Bertz CT molecular complexity index is 1330. The number of H-pyrrole nitrogens is 1. The first-order chi connectivity index (χ1) is 16.5. The quantitative estimate of drug-likeness (QED) is 0.317. The summed E-state index contributed by atoms with van der Waals surface area (Å²) in [4.78, 5) is 28.7. The fourth-order valence-electron chi connectivity index (χ4n) is 4.87. The van der Waals surface area contributed by atoms with E-state index in [0.717, 1.165) is 27.6 Å². The third-order valence-corrected chi connectivity index (χ3v) is 6.51. The maximum atomic E-state index is 13.7. The van der Waals surface area contributed by atoms with Gasteiger partial charge >= 0.3 is 5.97 Å². The van der Waals surface area contributed by atoms with Gasteiger partial charge in [0.15, 0.2) is 0 Å². The number of nitrogens with zero attached hydrogens (tertiary/aromatic N) is 2. The SMILES string of the molecule is NCc1nnc([C@H](Cc2c[nH]c3ccccc23)NC(=O)C2(CC(=O)O)Cc3ccccc3C2)o1. The summed E-state index contributed by atoms with van der Waals surface area (Å²) in [7, 11) is 0. The lowest BCUT2D eigenvalue weighted by molar-refractivity contribution is -0.145. The van der Waals surface area contributed by atoms with Crippen LogP contribution in [0.4, 0.5) is 0 Å². The number of rotatable bonds is 8. The summed E-state index contributed by atoms with van der Waals surface area (Å²) in [5.74, 6) is -0.857. The molecule has 2 aromatic heterocycles. The van der Waals surface area contributed by atoms with Gasteiger partial charge in [-0.15, -0.1) is 10.2 Å². The van der Waals surface area contributed by atoms with Crippen LogP contribution in [0.5, 0.6) is 0 Å². The zero-order valence-electron chi connectivity index (χ0n) is 18.5. The van der Waals surface area contributed by atoms with Crippen LogP contribution in [0.2, 0.25) is 0 Å². The first kappa shape index (κ1) is 21.8. The van der Waals surface area contributed by atoms with Crippen LogP contribution in [0.3, 0.4) is 0 Å². The average molecular weight is 460 g/mol. The van der Waals surface area contributed by atoms with Crippen LogP contribution in [0.1, 0.15) is 40.9 Å². The van der Waals surface area contributed by atoms with Gasteiger partial charge in [0.2, 0.25) is 17.7 Å². The molecule has 0 bridgehead atoms. The molecule has 5 N–H and O–H groups in total. The summed E-state index contributed by atoms with van der Waals surface area (Å²) < 4.78 is 5.71. The Kier molecular flexibility index (Phi) is 5.62. The molecular weight excluding hydrogens is 434 g/mol. The summed E-state index contributed by atoms with van der Waals surface area (Å²) in [5.41, 5.74) is 8.49. The van der Waals surface area contributed by atoms with Gasteiger partial charge in [-0.1, -0.05) is 42.5 Å². The third-order valence-electron chi connectivity index (χ3n) is 6.51. The monoisotopic (exact) mass is 459 g/mol. The van der Waals surface area contributed by atoms with Crippen molar-refractivity contribution in [3.05, 3.63) is 83.2 Å². The van der Waals surface area contributed by atoms with Crippen LogP contribution >= 0.6 is 0 Å². The molecule has 0 saturated heterocycles. The number of aliphatic carboxylic acids is 1. The molecule has 2 heterocycles. The summed E-state index contributed by atoms with van der Waals surface area (Å²) in [6.07, 6.45) is 2.73. The van der Waals surface area contributed by atoms with E-state index in [0.29, 0.717) is 19.3 Å². The third kappa shape index (κ3) is 4.06. The van der Waals surface area contributed by atoms with E-state index in [9.17, 15) is 14.7 Å². The molecule has 1 atom stereocenters. The lowest BCUT2D eigenvalue weighted by atomic mass is 9.80. The first-order valence-electron chi connectivity index (χ1n) is 11.1. The molecule has 174 valence electrons. The van der Waals surface area contributed by atoms with Crippen LogP contribution in [-0.2, 0) is 35.4 Å². The maximum Gasteiger partial charge on any atom is 0.304 e. The standard InChI is InChI=1S/C25H25N5O4/c26-13-21-29-30-23(34-21)20(9-17-14-27-19-8-4-3-7-18(17)19)28-24(33)25(12-22(31)32)10-15-5-1-2-6-16(15)11-25/h1-8,14,20,27H,9-13,26H2,(H,28,33)(H,31,32)/t20-/m0/s1. The van der Waals surface area contributed by atoms with Crippen molar-refractivity contribution >= 4 is 22.8 Å². The van der Waals surface area contributed by atoms with E-state index < -0.39 is 17.4 Å². The number of nitrogens with one attached hydrogen (secondary N) is 2. The fourth-order valence-corrected chi connectivity index (χ4v) is 4.87. The van der Waals surface area contributed by atoms with Gasteiger partial charge < -0.3 is 25.6 Å². The molecule has 1 aliphatic carbocycles. The number of hydrogen-bond donors (Lipinski definition) is 4. The van der Waals surface area contributed by atoms with Crippen molar-refractivity contribution in [1.29, 1.82) is 0 Å². The zero-order chi connectivity index (χ0) is 23.7. The van der Waals surface area contributed by atoms with E-state index in [1.54, 1.807) is 0 Å². The minimum absolute atomic E-state index is 0.0824. The minimum atomic E-state index is -1.09. The molecule has 0 aliphatic heterocycles. The van der Waals surface area contributed by atoms with Crippen molar-refractivity contribution in [1.82, 2.24) is 20.5 Å². The van der Waals surface area contributed by atoms with Crippen LogP contribution in [0.15, 0.2) is 59.1 Å². The highest BCUT2D eigenvalue weighted by Crippen LogP contribution is 2.41. The fraction of sp³-hybridized carbons (Fsp3) is 0.280. The highest BCUT2D eigenvalue weighted by Gasteiger charge is 2.46. The van der Waals surface area contributed by atoms with E-state index in [4.69, 9.17) is 10.2 Å². The number of carbonyl (C=O) groups excluding carboxylic acids is 1. The molecule has 5 rings (SSSR count). The second-order valence-corrected chi connectivity index (χ2v) is 8.80. The Hall–Kier alpha value is -3.98. The molecule has 9 heteroatoms. The van der Waals surface area contributed by atoms with Crippen molar-refractivity contribution in [2.24, 2.45) is 11.1 Å². The maximum absolute atomic E-state index is 13.7. The zero-order valence-corrected chi connectivity index (χ0v) is 18.5. The number of para-hydroxylation sites is 1. The van der Waals surface area contributed by atoms with E-state index in [1.807, 2.05) is 54.7 Å². The second kappa shape index (κ2) is 8.75. The Morgan fingerprint density at radius 2 is 1.82 bits per heavy atom. The molecule has 0 fully saturated rings. The summed E-state index contributed by atoms with van der Waals surface area (Å²) in [5, 5.41) is 21.8. The molecule has 2 aromatic carbocycles. The van der Waals surface area contributed by atoms with Crippen molar-refractivity contribution in [3.8, 4) is 0 Å². The number of nitrogens with two attached hydrogens (primary N) is 1. The molecule has 4 aromatic rings. The predicted octanol–water partition coefficient (Wildman–Crippen LogP) is 2.67. The van der Waals surface area contributed by atoms with E-state index in [-0.39, 0.29) is 30.7 Å². The van der Waals surface area contributed by atoms with Gasteiger partial charge in [-0.3, -0.25) is 9.59 Å². The molecule has 0 radical (unpaired) electrons. The van der Waals surface area contributed by atoms with Crippen LogP contribution in [0, 0.1) is 5.41 Å². The van der Waals surface area contributed by atoms with Gasteiger partial charge in [0.05, 0.1) is 18.4 Å². The van der Waals surface area contributed by atoms with Crippen molar-refractivity contribution in [3.63, 3.8) is 0 Å². The second-order valence-electron chi connectivity index (χ2n) is 8.80. The van der Waals surface area contributed by atoms with Gasteiger partial charge in [-0.25, -0.2) is 0 Å². The van der Waals surface area contributed by atoms with Crippen molar-refractivity contribution < 1.29 is 19.1 Å². The Labute approximate surface area is 195 Å². The molecule has 1 amide bonds. The lowest BCUT2D eigenvalue weighted by Gasteiger charge is -2.28. The molecule has 9 nitrogen and oxygen atoms in total. The number of carbonyl (C=O) groups is 2. The van der Waals surface area contributed by atoms with Crippen LogP contribution in [-0.4, -0.2) is 32.2 Å². The van der Waals surface area contributed by atoms with Crippen LogP contribution in [0.25, 0.3) is 10.9 Å². The number of hydrogen-bond acceptors (Lipinski definition) is 6. The lowest BCUT2D eigenvalue weighted by Crippen LogP contribution is -2.45. The van der Waals surface area contributed by atoms with E-state index in [1.165, 1.54) is 0 Å². The Balaban J connectivity index is 1.47. The number of carboxylic acid groups (broad SMARTS) is 1. The van der Waals surface area contributed by atoms with Crippen LogP contribution < -0.4 is 11.1 Å². The van der Waals surface area contributed by atoms with Gasteiger partial charge in [0, 0.05) is 23.5 Å². The number of aromatic nitrogens is 3. The Morgan fingerprint density at radius 3 is 2.50 bits per heavy atom.